The molecule has 4 nitrogen and oxygen atoms in total. The van der Waals surface area contributed by atoms with Gasteiger partial charge in [-0.3, -0.25) is 9.69 Å². The number of para-hydroxylation sites is 1. The van der Waals surface area contributed by atoms with Gasteiger partial charge in [0, 0.05) is 40.2 Å². The number of nitrogens with one attached hydrogen (secondary N) is 2. The first kappa shape index (κ1) is 23.1. The SMILES string of the molecule is CC[C@@]1(C(C)C(=O)Nc2ccc(-c3ccccc3)cc2)CCCN2CCc3c([nH]c4ccccc34)[C@@H]21. The Labute approximate surface area is 213 Å². The minimum absolute atomic E-state index is 0.109. The number of piperidine rings is 1. The highest BCUT2D eigenvalue weighted by molar-refractivity contribution is 5.93. The van der Waals surface area contributed by atoms with Crippen LogP contribution in [-0.4, -0.2) is 28.9 Å². The average molecular weight is 478 g/mol. The van der Waals surface area contributed by atoms with Crippen LogP contribution in [0.2, 0.25) is 0 Å². The maximum absolute atomic E-state index is 13.7. The maximum atomic E-state index is 13.7. The number of benzene rings is 3. The third kappa shape index (κ3) is 3.75. The summed E-state index contributed by atoms with van der Waals surface area (Å²) >= 11 is 0. The zero-order valence-electron chi connectivity index (χ0n) is 21.3. The highest BCUT2D eigenvalue weighted by Gasteiger charge is 2.52. The maximum Gasteiger partial charge on any atom is 0.227 e. The summed E-state index contributed by atoms with van der Waals surface area (Å²) in [6.45, 7) is 6.60. The fourth-order valence-electron chi connectivity index (χ4n) is 6.95. The minimum Gasteiger partial charge on any atom is -0.357 e. The Kier molecular flexibility index (Phi) is 5.93. The molecule has 4 heteroatoms. The van der Waals surface area contributed by atoms with Gasteiger partial charge in [-0.25, -0.2) is 0 Å². The predicted octanol–water partition coefficient (Wildman–Crippen LogP) is 7.20. The van der Waals surface area contributed by atoms with E-state index in [-0.39, 0.29) is 23.3 Å². The molecule has 0 aliphatic carbocycles. The van der Waals surface area contributed by atoms with Crippen molar-refractivity contribution < 1.29 is 4.79 Å². The van der Waals surface area contributed by atoms with E-state index in [0.717, 1.165) is 50.0 Å². The third-order valence-electron chi connectivity index (χ3n) is 8.94. The number of aromatic amines is 1. The van der Waals surface area contributed by atoms with Crippen molar-refractivity contribution in [2.75, 3.05) is 18.4 Å². The van der Waals surface area contributed by atoms with Gasteiger partial charge in [-0.1, -0.05) is 74.5 Å². The van der Waals surface area contributed by atoms with Crippen molar-refractivity contribution in [1.29, 1.82) is 0 Å². The topological polar surface area (TPSA) is 48.1 Å². The molecular weight excluding hydrogens is 442 g/mol. The molecular formula is C32H35N3O. The zero-order chi connectivity index (χ0) is 24.7. The van der Waals surface area contributed by atoms with Crippen LogP contribution in [0.15, 0.2) is 78.9 Å². The van der Waals surface area contributed by atoms with Crippen molar-refractivity contribution in [3.63, 3.8) is 0 Å². The monoisotopic (exact) mass is 477 g/mol. The smallest absolute Gasteiger partial charge is 0.227 e. The number of hydrogen-bond acceptors (Lipinski definition) is 2. The molecule has 36 heavy (non-hydrogen) atoms. The Morgan fingerprint density at radius 3 is 2.50 bits per heavy atom. The average Bonchev–Trinajstić information content (AvgIpc) is 3.32. The fraction of sp³-hybridized carbons (Fsp3) is 0.344. The van der Waals surface area contributed by atoms with Gasteiger partial charge in [0.2, 0.25) is 5.91 Å². The summed E-state index contributed by atoms with van der Waals surface area (Å²) in [6, 6.07) is 27.5. The Morgan fingerprint density at radius 2 is 1.72 bits per heavy atom. The number of carbonyl (C=O) groups is 1. The number of amides is 1. The number of carbonyl (C=O) groups excluding carboxylic acids is 1. The van der Waals surface area contributed by atoms with Crippen LogP contribution in [0.1, 0.15) is 50.4 Å². The first-order valence-corrected chi connectivity index (χ1v) is 13.4. The van der Waals surface area contributed by atoms with Crippen molar-refractivity contribution in [3.8, 4) is 11.1 Å². The molecule has 4 aromatic rings. The molecule has 184 valence electrons. The molecule has 1 aromatic heterocycles. The molecule has 3 aromatic carbocycles. The van der Waals surface area contributed by atoms with Crippen molar-refractivity contribution in [1.82, 2.24) is 9.88 Å². The Balaban J connectivity index is 1.29. The van der Waals surface area contributed by atoms with Crippen LogP contribution >= 0.6 is 0 Å². The molecule has 1 unspecified atom stereocenters. The number of rotatable bonds is 5. The number of hydrogen-bond donors (Lipinski definition) is 2. The molecule has 1 saturated heterocycles. The molecule has 6 rings (SSSR count). The van der Waals surface area contributed by atoms with E-state index in [1.165, 1.54) is 27.7 Å². The molecule has 0 radical (unpaired) electrons. The molecule has 2 aliphatic rings. The molecule has 0 saturated carbocycles. The van der Waals surface area contributed by atoms with Crippen molar-refractivity contribution in [2.45, 2.75) is 45.6 Å². The van der Waals surface area contributed by atoms with Crippen LogP contribution in [0.3, 0.4) is 0 Å². The van der Waals surface area contributed by atoms with E-state index >= 15 is 0 Å². The summed E-state index contributed by atoms with van der Waals surface area (Å²) in [5.74, 6) is 0.0101. The lowest BCUT2D eigenvalue weighted by Crippen LogP contribution is -2.53. The third-order valence-corrected chi connectivity index (χ3v) is 8.94. The molecule has 2 aliphatic heterocycles. The second-order valence-corrected chi connectivity index (χ2v) is 10.6. The summed E-state index contributed by atoms with van der Waals surface area (Å²) in [4.78, 5) is 20.2. The van der Waals surface area contributed by atoms with Gasteiger partial charge in [0.1, 0.15) is 0 Å². The van der Waals surface area contributed by atoms with E-state index < -0.39 is 0 Å². The van der Waals surface area contributed by atoms with Gasteiger partial charge in [0.05, 0.1) is 6.04 Å². The van der Waals surface area contributed by atoms with Crippen LogP contribution < -0.4 is 5.32 Å². The predicted molar refractivity (Wildman–Crippen MR) is 148 cm³/mol. The van der Waals surface area contributed by atoms with Crippen molar-refractivity contribution in [3.05, 3.63) is 90.1 Å². The number of anilines is 1. The molecule has 0 bridgehead atoms. The van der Waals surface area contributed by atoms with Crippen LogP contribution in [0, 0.1) is 11.3 Å². The Hall–Kier alpha value is -3.37. The zero-order valence-corrected chi connectivity index (χ0v) is 21.3. The van der Waals surface area contributed by atoms with Gasteiger partial charge < -0.3 is 10.3 Å². The standard InChI is InChI=1S/C32H35N3O/c1-3-32(22(2)31(36)33-25-16-14-24(15-17-25)23-10-5-4-6-11-23)19-9-20-35-21-18-27-26-12-7-8-13-28(26)34-29(27)30(32)35/h4-8,10-17,22,30,34H,3,9,18-21H2,1-2H3,(H,33,36)/t22?,30-,32+/m1/s1. The van der Waals surface area contributed by atoms with Crippen LogP contribution in [0.25, 0.3) is 22.0 Å². The first-order chi connectivity index (χ1) is 17.6. The second-order valence-electron chi connectivity index (χ2n) is 10.6. The van der Waals surface area contributed by atoms with Crippen molar-refractivity contribution in [2.24, 2.45) is 11.3 Å². The second kappa shape index (κ2) is 9.25. The highest BCUT2D eigenvalue weighted by Crippen LogP contribution is 2.55. The fourth-order valence-corrected chi connectivity index (χ4v) is 6.95. The highest BCUT2D eigenvalue weighted by atomic mass is 16.1. The summed E-state index contributed by atoms with van der Waals surface area (Å²) in [6.07, 6.45) is 4.26. The van der Waals surface area contributed by atoms with E-state index in [9.17, 15) is 4.79 Å². The molecule has 1 amide bonds. The van der Waals surface area contributed by atoms with Crippen LogP contribution in [-0.2, 0) is 11.2 Å². The molecule has 2 N–H and O–H groups in total. The van der Waals surface area contributed by atoms with E-state index in [1.807, 2.05) is 30.3 Å². The van der Waals surface area contributed by atoms with Gasteiger partial charge in [-0.15, -0.1) is 0 Å². The van der Waals surface area contributed by atoms with Gasteiger partial charge in [-0.2, -0.15) is 0 Å². The van der Waals surface area contributed by atoms with Gasteiger partial charge >= 0.3 is 0 Å². The summed E-state index contributed by atoms with van der Waals surface area (Å²) in [5.41, 5.74) is 7.11. The Bertz CT molecular complexity index is 1370. The van der Waals surface area contributed by atoms with Crippen LogP contribution in [0.5, 0.6) is 0 Å². The molecule has 3 heterocycles. The summed E-state index contributed by atoms with van der Waals surface area (Å²) < 4.78 is 0. The molecule has 3 atom stereocenters. The van der Waals surface area contributed by atoms with Gasteiger partial charge in [0.15, 0.2) is 0 Å². The van der Waals surface area contributed by atoms with Gasteiger partial charge in [0.25, 0.3) is 0 Å². The van der Waals surface area contributed by atoms with E-state index in [1.54, 1.807) is 0 Å². The normalized spacial score (nSPS) is 22.6. The van der Waals surface area contributed by atoms with E-state index in [2.05, 4.69) is 77.6 Å². The Morgan fingerprint density at radius 1 is 1.00 bits per heavy atom. The number of nitrogens with zero attached hydrogens (tertiary/aromatic N) is 1. The first-order valence-electron chi connectivity index (χ1n) is 13.4. The largest absolute Gasteiger partial charge is 0.357 e. The number of H-pyrrole nitrogens is 1. The molecule has 1 fully saturated rings. The van der Waals surface area contributed by atoms with E-state index in [4.69, 9.17) is 0 Å². The van der Waals surface area contributed by atoms with Crippen molar-refractivity contribution >= 4 is 22.5 Å². The summed E-state index contributed by atoms with van der Waals surface area (Å²) in [7, 11) is 0. The lowest BCUT2D eigenvalue weighted by atomic mass is 9.61. The number of aromatic nitrogens is 1. The van der Waals surface area contributed by atoms with Crippen LogP contribution in [0.4, 0.5) is 5.69 Å². The number of fused-ring (bicyclic) bond motifs is 5. The summed E-state index contributed by atoms with van der Waals surface area (Å²) in [5, 5.41) is 4.60. The van der Waals surface area contributed by atoms with Gasteiger partial charge in [-0.05, 0) is 67.1 Å². The molecule has 0 spiro atoms. The lowest BCUT2D eigenvalue weighted by molar-refractivity contribution is -0.129. The lowest BCUT2D eigenvalue weighted by Gasteiger charge is -2.54. The van der Waals surface area contributed by atoms with E-state index in [0.29, 0.717) is 0 Å². The quantitative estimate of drug-likeness (QED) is 0.319. The minimum atomic E-state index is -0.110.